The number of hydrogen-bond acceptors (Lipinski definition) is 3. The van der Waals surface area contributed by atoms with E-state index in [1.54, 1.807) is 13.8 Å². The van der Waals surface area contributed by atoms with Crippen molar-refractivity contribution in [1.82, 2.24) is 0 Å². The molecule has 0 spiro atoms. The SMILES string of the molecule is COc1c(Cl)cc(Cl)cc1C(=O)OC(C)C. The number of esters is 1. The summed E-state index contributed by atoms with van der Waals surface area (Å²) in [7, 11) is 1.43. The summed E-state index contributed by atoms with van der Waals surface area (Å²) in [6.07, 6.45) is -0.213. The lowest BCUT2D eigenvalue weighted by atomic mass is 10.2. The third-order valence-corrected chi connectivity index (χ3v) is 2.27. The molecular formula is C11H12Cl2O3. The molecule has 88 valence electrons. The molecule has 16 heavy (non-hydrogen) atoms. The van der Waals surface area contributed by atoms with Crippen LogP contribution in [0.5, 0.6) is 5.75 Å². The van der Waals surface area contributed by atoms with E-state index < -0.39 is 5.97 Å². The normalized spacial score (nSPS) is 10.4. The van der Waals surface area contributed by atoms with Gasteiger partial charge in [0.2, 0.25) is 0 Å². The number of hydrogen-bond donors (Lipinski definition) is 0. The first kappa shape index (κ1) is 13.1. The Morgan fingerprint density at radius 2 is 1.94 bits per heavy atom. The van der Waals surface area contributed by atoms with Gasteiger partial charge in [0.05, 0.1) is 18.2 Å². The molecule has 0 saturated heterocycles. The van der Waals surface area contributed by atoms with Crippen LogP contribution in [0.4, 0.5) is 0 Å². The lowest BCUT2D eigenvalue weighted by Gasteiger charge is -2.12. The van der Waals surface area contributed by atoms with E-state index in [2.05, 4.69) is 0 Å². The van der Waals surface area contributed by atoms with Gasteiger partial charge in [0.15, 0.2) is 5.75 Å². The second kappa shape index (κ2) is 5.41. The fourth-order valence-corrected chi connectivity index (χ4v) is 1.77. The van der Waals surface area contributed by atoms with Gasteiger partial charge in [-0.05, 0) is 26.0 Å². The van der Waals surface area contributed by atoms with Gasteiger partial charge < -0.3 is 9.47 Å². The lowest BCUT2D eigenvalue weighted by molar-refractivity contribution is 0.0374. The molecule has 0 aliphatic carbocycles. The Labute approximate surface area is 104 Å². The molecule has 0 aromatic heterocycles. The van der Waals surface area contributed by atoms with Gasteiger partial charge in [-0.15, -0.1) is 0 Å². The van der Waals surface area contributed by atoms with Crippen molar-refractivity contribution in [2.75, 3.05) is 7.11 Å². The minimum absolute atomic E-state index is 0.213. The third-order valence-electron chi connectivity index (χ3n) is 1.78. The highest BCUT2D eigenvalue weighted by atomic mass is 35.5. The van der Waals surface area contributed by atoms with Crippen LogP contribution in [-0.4, -0.2) is 19.2 Å². The van der Waals surface area contributed by atoms with Gasteiger partial charge in [-0.25, -0.2) is 4.79 Å². The fourth-order valence-electron chi connectivity index (χ4n) is 1.20. The van der Waals surface area contributed by atoms with Gasteiger partial charge in [0.25, 0.3) is 0 Å². The molecule has 0 radical (unpaired) electrons. The number of rotatable bonds is 3. The molecule has 0 amide bonds. The zero-order valence-electron chi connectivity index (χ0n) is 9.21. The van der Waals surface area contributed by atoms with Crippen LogP contribution in [0.1, 0.15) is 24.2 Å². The summed E-state index contributed by atoms with van der Waals surface area (Å²) in [5, 5.41) is 0.646. The molecule has 3 nitrogen and oxygen atoms in total. The first-order chi connectivity index (χ1) is 7.45. The highest BCUT2D eigenvalue weighted by Crippen LogP contribution is 2.32. The molecule has 0 heterocycles. The lowest BCUT2D eigenvalue weighted by Crippen LogP contribution is -2.12. The van der Waals surface area contributed by atoms with E-state index in [9.17, 15) is 4.79 Å². The van der Waals surface area contributed by atoms with Crippen LogP contribution in [0.3, 0.4) is 0 Å². The monoisotopic (exact) mass is 262 g/mol. The van der Waals surface area contributed by atoms with Crippen LogP contribution in [0.2, 0.25) is 10.0 Å². The van der Waals surface area contributed by atoms with Crippen molar-refractivity contribution in [3.8, 4) is 5.75 Å². The Bertz CT molecular complexity index is 402. The molecule has 0 aliphatic rings. The molecule has 0 aliphatic heterocycles. The average molecular weight is 263 g/mol. The second-order valence-corrected chi connectivity index (χ2v) is 4.27. The topological polar surface area (TPSA) is 35.5 Å². The van der Waals surface area contributed by atoms with Gasteiger partial charge in [-0.1, -0.05) is 23.2 Å². The summed E-state index contributed by atoms with van der Waals surface area (Å²) >= 11 is 11.7. The molecule has 0 fully saturated rings. The zero-order valence-corrected chi connectivity index (χ0v) is 10.7. The van der Waals surface area contributed by atoms with E-state index in [0.29, 0.717) is 5.02 Å². The van der Waals surface area contributed by atoms with E-state index in [0.717, 1.165) is 0 Å². The molecule has 0 unspecified atom stereocenters. The largest absolute Gasteiger partial charge is 0.494 e. The predicted molar refractivity (Wildman–Crippen MR) is 63.6 cm³/mol. The molecule has 1 rings (SSSR count). The smallest absolute Gasteiger partial charge is 0.342 e. The van der Waals surface area contributed by atoms with Crippen molar-refractivity contribution in [1.29, 1.82) is 0 Å². The van der Waals surface area contributed by atoms with E-state index >= 15 is 0 Å². The molecule has 0 atom stereocenters. The van der Waals surface area contributed by atoms with Crippen molar-refractivity contribution in [2.45, 2.75) is 20.0 Å². The quantitative estimate of drug-likeness (QED) is 0.782. The van der Waals surface area contributed by atoms with Crippen LogP contribution in [-0.2, 0) is 4.74 Å². The summed E-state index contributed by atoms with van der Waals surface area (Å²) in [5.41, 5.74) is 0.230. The van der Waals surface area contributed by atoms with Gasteiger partial charge in [-0.2, -0.15) is 0 Å². The van der Waals surface area contributed by atoms with Crippen LogP contribution in [0, 0.1) is 0 Å². The maximum absolute atomic E-state index is 11.7. The highest BCUT2D eigenvalue weighted by Gasteiger charge is 2.18. The number of methoxy groups -OCH3 is 1. The molecule has 5 heteroatoms. The van der Waals surface area contributed by atoms with Gasteiger partial charge in [-0.3, -0.25) is 0 Å². The average Bonchev–Trinajstić information content (AvgIpc) is 2.15. The summed E-state index contributed by atoms with van der Waals surface area (Å²) in [4.78, 5) is 11.7. The number of carbonyl (C=O) groups excluding carboxylic acids is 1. The molecule has 0 bridgehead atoms. The Balaban J connectivity index is 3.15. The molecule has 0 N–H and O–H groups in total. The second-order valence-electron chi connectivity index (χ2n) is 3.42. The number of carbonyl (C=O) groups is 1. The van der Waals surface area contributed by atoms with E-state index in [1.165, 1.54) is 19.2 Å². The molecule has 1 aromatic carbocycles. The van der Waals surface area contributed by atoms with E-state index in [4.69, 9.17) is 32.7 Å². The van der Waals surface area contributed by atoms with Crippen LogP contribution in [0.25, 0.3) is 0 Å². The minimum Gasteiger partial charge on any atom is -0.494 e. The van der Waals surface area contributed by atoms with Crippen molar-refractivity contribution >= 4 is 29.2 Å². The number of ether oxygens (including phenoxy) is 2. The highest BCUT2D eigenvalue weighted by molar-refractivity contribution is 6.36. The van der Waals surface area contributed by atoms with Crippen LogP contribution < -0.4 is 4.74 Å². The number of halogens is 2. The Morgan fingerprint density at radius 1 is 1.31 bits per heavy atom. The van der Waals surface area contributed by atoms with E-state index in [1.807, 2.05) is 0 Å². The van der Waals surface area contributed by atoms with Gasteiger partial charge in [0, 0.05) is 5.02 Å². The van der Waals surface area contributed by atoms with Crippen LogP contribution >= 0.6 is 23.2 Å². The van der Waals surface area contributed by atoms with Crippen molar-refractivity contribution in [3.63, 3.8) is 0 Å². The van der Waals surface area contributed by atoms with Gasteiger partial charge >= 0.3 is 5.97 Å². The third kappa shape index (κ3) is 3.03. The van der Waals surface area contributed by atoms with Crippen LogP contribution in [0.15, 0.2) is 12.1 Å². The standard InChI is InChI=1S/C11H12Cl2O3/c1-6(2)16-11(14)8-4-7(12)5-9(13)10(8)15-3/h4-6H,1-3H3. The van der Waals surface area contributed by atoms with Gasteiger partial charge in [0.1, 0.15) is 5.56 Å². The maximum Gasteiger partial charge on any atom is 0.342 e. The fraction of sp³-hybridized carbons (Fsp3) is 0.364. The predicted octanol–water partition coefficient (Wildman–Crippen LogP) is 3.57. The van der Waals surface area contributed by atoms with Crippen molar-refractivity contribution < 1.29 is 14.3 Å². The molecule has 0 saturated carbocycles. The Morgan fingerprint density at radius 3 is 2.44 bits per heavy atom. The Hall–Kier alpha value is -0.930. The summed E-state index contributed by atoms with van der Waals surface area (Å²) in [5.74, 6) is -0.229. The summed E-state index contributed by atoms with van der Waals surface area (Å²) in [6, 6.07) is 2.98. The molecular weight excluding hydrogens is 251 g/mol. The maximum atomic E-state index is 11.7. The Kier molecular flexibility index (Phi) is 4.44. The first-order valence-electron chi connectivity index (χ1n) is 4.69. The minimum atomic E-state index is -0.503. The number of benzene rings is 1. The van der Waals surface area contributed by atoms with Crippen molar-refractivity contribution in [3.05, 3.63) is 27.7 Å². The van der Waals surface area contributed by atoms with E-state index in [-0.39, 0.29) is 22.4 Å². The first-order valence-corrected chi connectivity index (χ1v) is 5.45. The summed E-state index contributed by atoms with van der Waals surface area (Å²) in [6.45, 7) is 3.52. The zero-order chi connectivity index (χ0) is 12.3. The van der Waals surface area contributed by atoms with Crippen molar-refractivity contribution in [2.24, 2.45) is 0 Å². The summed E-state index contributed by atoms with van der Waals surface area (Å²) < 4.78 is 10.1. The molecule has 1 aromatic rings.